The highest BCUT2D eigenvalue weighted by atomic mass is 32.2. The highest BCUT2D eigenvalue weighted by Gasteiger charge is 2.23. The number of aromatic nitrogens is 2. The topological polar surface area (TPSA) is 85.6 Å². The minimum Gasteiger partial charge on any atom is -0.497 e. The fourth-order valence-corrected chi connectivity index (χ4v) is 6.66. The van der Waals surface area contributed by atoms with E-state index in [1.165, 1.54) is 22.2 Å². The fourth-order valence-electron chi connectivity index (χ4n) is 4.55. The van der Waals surface area contributed by atoms with Crippen LogP contribution in [0.3, 0.4) is 0 Å². The molecule has 0 saturated heterocycles. The van der Waals surface area contributed by atoms with Crippen molar-refractivity contribution in [2.75, 3.05) is 12.9 Å². The van der Waals surface area contributed by atoms with E-state index in [4.69, 9.17) is 9.72 Å². The Kier molecular flexibility index (Phi) is 7.95. The number of amides is 1. The molecule has 2 aromatic carbocycles. The number of carbonyl (C=O) groups is 1. The number of thiophene rings is 1. The molecular formula is C29H30N4O3S2. The SMILES string of the molecule is COc1ccc(-n2c(SCC(=O)NN=Cc3ccc(C(C)C)cc3)nc3sc4c(c3c2=O)CCCC4)cc1. The molecule has 1 aliphatic carbocycles. The predicted molar refractivity (Wildman–Crippen MR) is 155 cm³/mol. The van der Waals surface area contributed by atoms with E-state index < -0.39 is 0 Å². The zero-order valence-electron chi connectivity index (χ0n) is 21.7. The largest absolute Gasteiger partial charge is 0.497 e. The number of aryl methyl sites for hydroxylation is 2. The van der Waals surface area contributed by atoms with Gasteiger partial charge in [-0.05, 0) is 72.6 Å². The summed E-state index contributed by atoms with van der Waals surface area (Å²) >= 11 is 2.83. The Morgan fingerprint density at radius 2 is 1.89 bits per heavy atom. The Hall–Kier alpha value is -3.43. The molecule has 7 nitrogen and oxygen atoms in total. The molecule has 1 N–H and O–H groups in total. The minimum absolute atomic E-state index is 0.0722. The monoisotopic (exact) mass is 546 g/mol. The standard InChI is InChI=1S/C29H30N4O3S2/c1-18(2)20-10-8-19(9-11-20)16-30-32-25(34)17-37-29-31-27-26(23-6-4-5-7-24(23)38-27)28(35)33(29)21-12-14-22(36-3)15-13-21/h8-16,18H,4-7,17H2,1-3H3,(H,32,34). The highest BCUT2D eigenvalue weighted by molar-refractivity contribution is 7.99. The predicted octanol–water partition coefficient (Wildman–Crippen LogP) is 5.70. The third-order valence-electron chi connectivity index (χ3n) is 6.63. The lowest BCUT2D eigenvalue weighted by Gasteiger charge is -2.14. The first-order valence-electron chi connectivity index (χ1n) is 12.7. The number of hydrogen-bond acceptors (Lipinski definition) is 7. The van der Waals surface area contributed by atoms with Crippen molar-refractivity contribution in [1.29, 1.82) is 0 Å². The summed E-state index contributed by atoms with van der Waals surface area (Å²) < 4.78 is 6.90. The number of ether oxygens (including phenoxy) is 1. The normalized spacial score (nSPS) is 13.3. The van der Waals surface area contributed by atoms with E-state index in [2.05, 4.69) is 36.5 Å². The van der Waals surface area contributed by atoms with Crippen molar-refractivity contribution in [3.63, 3.8) is 0 Å². The van der Waals surface area contributed by atoms with Gasteiger partial charge in [0.2, 0.25) is 0 Å². The van der Waals surface area contributed by atoms with Crippen LogP contribution in [0.15, 0.2) is 63.6 Å². The van der Waals surface area contributed by atoms with Crippen molar-refractivity contribution in [2.24, 2.45) is 5.10 Å². The molecule has 196 valence electrons. The number of fused-ring (bicyclic) bond motifs is 3. The molecule has 5 rings (SSSR count). The van der Waals surface area contributed by atoms with Crippen molar-refractivity contribution in [3.8, 4) is 11.4 Å². The van der Waals surface area contributed by atoms with Gasteiger partial charge in [0.05, 0.1) is 30.2 Å². The molecule has 2 heterocycles. The molecular weight excluding hydrogens is 516 g/mol. The second-order valence-corrected chi connectivity index (χ2v) is 11.6. The van der Waals surface area contributed by atoms with Crippen LogP contribution in [0.5, 0.6) is 5.75 Å². The number of methoxy groups -OCH3 is 1. The third-order valence-corrected chi connectivity index (χ3v) is 8.75. The quantitative estimate of drug-likeness (QED) is 0.133. The maximum absolute atomic E-state index is 13.8. The third kappa shape index (κ3) is 5.54. The van der Waals surface area contributed by atoms with E-state index >= 15 is 0 Å². The summed E-state index contributed by atoms with van der Waals surface area (Å²) in [6.45, 7) is 4.29. The smallest absolute Gasteiger partial charge is 0.267 e. The molecule has 1 aliphatic rings. The first kappa shape index (κ1) is 26.2. The van der Waals surface area contributed by atoms with Crippen molar-refractivity contribution >= 4 is 45.4 Å². The van der Waals surface area contributed by atoms with Gasteiger partial charge in [-0.3, -0.25) is 14.2 Å². The average Bonchev–Trinajstić information content (AvgIpc) is 3.31. The number of nitrogens with one attached hydrogen (secondary N) is 1. The molecule has 0 radical (unpaired) electrons. The number of thioether (sulfide) groups is 1. The van der Waals surface area contributed by atoms with E-state index in [1.807, 2.05) is 36.4 Å². The molecule has 0 fully saturated rings. The van der Waals surface area contributed by atoms with Crippen molar-refractivity contribution in [2.45, 2.75) is 50.6 Å². The van der Waals surface area contributed by atoms with Crippen LogP contribution in [0.25, 0.3) is 15.9 Å². The molecule has 9 heteroatoms. The van der Waals surface area contributed by atoms with E-state index in [0.29, 0.717) is 27.9 Å². The van der Waals surface area contributed by atoms with Crippen LogP contribution < -0.4 is 15.7 Å². The van der Waals surface area contributed by atoms with Crippen LogP contribution in [0.4, 0.5) is 0 Å². The van der Waals surface area contributed by atoms with E-state index in [0.717, 1.165) is 41.6 Å². The van der Waals surface area contributed by atoms with Gasteiger partial charge in [-0.15, -0.1) is 11.3 Å². The zero-order chi connectivity index (χ0) is 26.6. The van der Waals surface area contributed by atoms with Gasteiger partial charge in [0.15, 0.2) is 5.16 Å². The van der Waals surface area contributed by atoms with Crippen molar-refractivity contribution < 1.29 is 9.53 Å². The summed E-state index contributed by atoms with van der Waals surface area (Å²) in [5, 5.41) is 5.29. The number of carbonyl (C=O) groups excluding carboxylic acids is 1. The van der Waals surface area contributed by atoms with Gasteiger partial charge in [-0.1, -0.05) is 49.9 Å². The van der Waals surface area contributed by atoms with Gasteiger partial charge < -0.3 is 4.74 Å². The molecule has 0 unspecified atom stereocenters. The lowest BCUT2D eigenvalue weighted by atomic mass is 9.97. The Bertz CT molecular complexity index is 1540. The first-order chi connectivity index (χ1) is 18.4. The number of benzene rings is 2. The second-order valence-electron chi connectivity index (χ2n) is 9.53. The lowest BCUT2D eigenvalue weighted by Crippen LogP contribution is -2.24. The molecule has 0 aliphatic heterocycles. The Morgan fingerprint density at radius 1 is 1.16 bits per heavy atom. The van der Waals surface area contributed by atoms with Crippen molar-refractivity contribution in [3.05, 3.63) is 80.5 Å². The summed E-state index contributed by atoms with van der Waals surface area (Å²) in [4.78, 5) is 33.3. The number of rotatable bonds is 8. The Balaban J connectivity index is 1.38. The van der Waals surface area contributed by atoms with Gasteiger partial charge in [-0.2, -0.15) is 5.10 Å². The fraction of sp³-hybridized carbons (Fsp3) is 0.310. The highest BCUT2D eigenvalue weighted by Crippen LogP contribution is 2.35. The number of hydrazone groups is 1. The van der Waals surface area contributed by atoms with Crippen LogP contribution >= 0.6 is 23.1 Å². The molecule has 0 atom stereocenters. The van der Waals surface area contributed by atoms with Crippen LogP contribution in [0, 0.1) is 0 Å². The summed E-state index contributed by atoms with van der Waals surface area (Å²) in [5.74, 6) is 0.962. The lowest BCUT2D eigenvalue weighted by molar-refractivity contribution is -0.118. The van der Waals surface area contributed by atoms with Crippen LogP contribution in [-0.4, -0.2) is 34.5 Å². The van der Waals surface area contributed by atoms with Gasteiger partial charge in [0, 0.05) is 4.88 Å². The Labute approximate surface area is 230 Å². The van der Waals surface area contributed by atoms with Crippen LogP contribution in [-0.2, 0) is 17.6 Å². The maximum Gasteiger partial charge on any atom is 0.267 e. The van der Waals surface area contributed by atoms with Crippen molar-refractivity contribution in [1.82, 2.24) is 15.0 Å². The molecule has 0 spiro atoms. The molecule has 38 heavy (non-hydrogen) atoms. The molecule has 4 aromatic rings. The number of hydrogen-bond donors (Lipinski definition) is 1. The zero-order valence-corrected chi connectivity index (χ0v) is 23.3. The summed E-state index contributed by atoms with van der Waals surface area (Å²) in [6, 6.07) is 15.4. The summed E-state index contributed by atoms with van der Waals surface area (Å²) in [6.07, 6.45) is 5.74. The van der Waals surface area contributed by atoms with Gasteiger partial charge >= 0.3 is 0 Å². The van der Waals surface area contributed by atoms with E-state index in [9.17, 15) is 9.59 Å². The van der Waals surface area contributed by atoms with Gasteiger partial charge in [0.25, 0.3) is 11.5 Å². The van der Waals surface area contributed by atoms with Gasteiger partial charge in [-0.25, -0.2) is 10.4 Å². The molecule has 2 aromatic heterocycles. The minimum atomic E-state index is -0.272. The van der Waals surface area contributed by atoms with Crippen LogP contribution in [0.1, 0.15) is 54.2 Å². The molecule has 0 saturated carbocycles. The van der Waals surface area contributed by atoms with E-state index in [1.54, 1.807) is 29.2 Å². The van der Waals surface area contributed by atoms with E-state index in [-0.39, 0.29) is 17.2 Å². The molecule has 1 amide bonds. The van der Waals surface area contributed by atoms with Gasteiger partial charge in [0.1, 0.15) is 10.6 Å². The second kappa shape index (κ2) is 11.5. The number of nitrogens with zero attached hydrogens (tertiary/aromatic N) is 3. The maximum atomic E-state index is 13.8. The van der Waals surface area contributed by atoms with Crippen LogP contribution in [0.2, 0.25) is 0 Å². The summed E-state index contributed by atoms with van der Waals surface area (Å²) in [7, 11) is 1.61. The average molecular weight is 547 g/mol. The molecule has 0 bridgehead atoms. The summed E-state index contributed by atoms with van der Waals surface area (Å²) in [5.41, 5.74) is 6.48. The first-order valence-corrected chi connectivity index (χ1v) is 14.5. The Morgan fingerprint density at radius 3 is 2.61 bits per heavy atom.